The van der Waals surface area contributed by atoms with E-state index in [0.29, 0.717) is 48.8 Å². The normalized spacial score (nSPS) is 15.4. The number of fused-ring (bicyclic) bond motifs is 1. The first-order valence-corrected chi connectivity index (χ1v) is 11.8. The van der Waals surface area contributed by atoms with Crippen molar-refractivity contribution in [2.75, 3.05) is 19.7 Å². The molecule has 1 atom stereocenters. The van der Waals surface area contributed by atoms with Crippen molar-refractivity contribution >= 4 is 29.7 Å². The van der Waals surface area contributed by atoms with Crippen LogP contribution >= 0.6 is 0 Å². The van der Waals surface area contributed by atoms with Gasteiger partial charge in [-0.3, -0.25) is 9.13 Å². The number of aromatic nitrogens is 2. The van der Waals surface area contributed by atoms with E-state index in [2.05, 4.69) is 11.8 Å². The molecule has 1 aromatic carbocycles. The predicted molar refractivity (Wildman–Crippen MR) is 131 cm³/mol. The molecule has 0 bridgehead atoms. The fraction of sp³-hybridized carbons (Fsp3) is 0.538. The SMILES string of the molecule is Cn1c(=O)n(C(C=O)CCC=O)c2cccc(C#CCOC3CCN(C(=O)OC(C)(C)C)CC3)c21. The monoisotopic (exact) mass is 483 g/mol. The van der Waals surface area contributed by atoms with Crippen molar-refractivity contribution in [2.45, 2.75) is 64.2 Å². The van der Waals surface area contributed by atoms with E-state index in [1.807, 2.05) is 26.8 Å². The number of rotatable bonds is 7. The minimum Gasteiger partial charge on any atom is -0.444 e. The molecule has 35 heavy (non-hydrogen) atoms. The largest absolute Gasteiger partial charge is 0.444 e. The van der Waals surface area contributed by atoms with Crippen molar-refractivity contribution in [1.29, 1.82) is 0 Å². The number of para-hydroxylation sites is 1. The highest BCUT2D eigenvalue weighted by Crippen LogP contribution is 2.22. The molecule has 0 saturated carbocycles. The van der Waals surface area contributed by atoms with Crippen LogP contribution in [0.2, 0.25) is 0 Å². The number of hydrogen-bond donors (Lipinski definition) is 0. The van der Waals surface area contributed by atoms with Gasteiger partial charge in [0, 0.05) is 26.6 Å². The van der Waals surface area contributed by atoms with Crippen LogP contribution in [0.3, 0.4) is 0 Å². The van der Waals surface area contributed by atoms with Crippen LogP contribution in [0.5, 0.6) is 0 Å². The van der Waals surface area contributed by atoms with E-state index in [1.165, 1.54) is 9.13 Å². The molecule has 1 aromatic heterocycles. The minimum absolute atomic E-state index is 0.00962. The highest BCUT2D eigenvalue weighted by molar-refractivity contribution is 5.84. The summed E-state index contributed by atoms with van der Waals surface area (Å²) < 4.78 is 14.2. The third kappa shape index (κ3) is 6.40. The van der Waals surface area contributed by atoms with E-state index in [0.717, 1.165) is 6.29 Å². The maximum atomic E-state index is 12.9. The number of carbonyl (C=O) groups excluding carboxylic acids is 3. The summed E-state index contributed by atoms with van der Waals surface area (Å²) in [6.45, 7) is 6.91. The molecule has 2 aromatic rings. The van der Waals surface area contributed by atoms with E-state index >= 15 is 0 Å². The Hall–Kier alpha value is -3.38. The molecule has 1 saturated heterocycles. The van der Waals surface area contributed by atoms with Crippen molar-refractivity contribution in [2.24, 2.45) is 7.05 Å². The fourth-order valence-corrected chi connectivity index (χ4v) is 4.18. The molecule has 1 unspecified atom stereocenters. The van der Waals surface area contributed by atoms with Gasteiger partial charge in [0.15, 0.2) is 0 Å². The predicted octanol–water partition coefficient (Wildman–Crippen LogP) is 2.83. The van der Waals surface area contributed by atoms with Gasteiger partial charge in [0.25, 0.3) is 0 Å². The number of imidazole rings is 1. The number of likely N-dealkylation sites (tertiary alicyclic amines) is 1. The molecule has 0 N–H and O–H groups in total. The summed E-state index contributed by atoms with van der Waals surface area (Å²) >= 11 is 0. The fourth-order valence-electron chi connectivity index (χ4n) is 4.18. The number of benzene rings is 1. The second kappa shape index (κ2) is 11.4. The Morgan fingerprint density at radius 2 is 1.94 bits per heavy atom. The number of aryl methyl sites for hydroxylation is 1. The van der Waals surface area contributed by atoms with Crippen molar-refractivity contribution in [1.82, 2.24) is 14.0 Å². The molecule has 0 radical (unpaired) electrons. The topological polar surface area (TPSA) is 99.8 Å². The van der Waals surface area contributed by atoms with E-state index in [1.54, 1.807) is 24.1 Å². The van der Waals surface area contributed by atoms with Gasteiger partial charge in [-0.25, -0.2) is 9.59 Å². The number of hydrogen-bond acceptors (Lipinski definition) is 6. The Balaban J connectivity index is 1.65. The van der Waals surface area contributed by atoms with Crippen LogP contribution in [0.15, 0.2) is 23.0 Å². The second-order valence-electron chi connectivity index (χ2n) is 9.61. The number of aldehydes is 2. The first-order chi connectivity index (χ1) is 16.7. The first-order valence-electron chi connectivity index (χ1n) is 11.8. The number of amides is 1. The van der Waals surface area contributed by atoms with Gasteiger partial charge < -0.3 is 24.0 Å². The zero-order valence-electron chi connectivity index (χ0n) is 20.8. The van der Waals surface area contributed by atoms with Crippen LogP contribution in [-0.4, -0.2) is 64.1 Å². The van der Waals surface area contributed by atoms with Crippen molar-refractivity contribution < 1.29 is 23.9 Å². The molecule has 9 heteroatoms. The van der Waals surface area contributed by atoms with Crippen LogP contribution in [0, 0.1) is 11.8 Å². The number of nitrogens with zero attached hydrogens (tertiary/aromatic N) is 3. The van der Waals surface area contributed by atoms with Crippen molar-refractivity contribution in [3.05, 3.63) is 34.2 Å². The van der Waals surface area contributed by atoms with Crippen molar-refractivity contribution in [3.8, 4) is 11.8 Å². The first kappa shape index (κ1) is 26.2. The summed E-state index contributed by atoms with van der Waals surface area (Å²) in [7, 11) is 1.64. The Labute approximate surface area is 205 Å². The third-order valence-electron chi connectivity index (χ3n) is 5.88. The molecule has 2 heterocycles. The molecule has 1 amide bonds. The molecule has 0 aliphatic carbocycles. The minimum atomic E-state index is -0.713. The second-order valence-corrected chi connectivity index (χ2v) is 9.61. The lowest BCUT2D eigenvalue weighted by atomic mass is 10.1. The van der Waals surface area contributed by atoms with Crippen LogP contribution in [0.4, 0.5) is 4.79 Å². The molecule has 3 rings (SSSR count). The van der Waals surface area contributed by atoms with Gasteiger partial charge in [0.2, 0.25) is 0 Å². The zero-order chi connectivity index (χ0) is 25.6. The van der Waals surface area contributed by atoms with E-state index in [4.69, 9.17) is 9.47 Å². The van der Waals surface area contributed by atoms with Gasteiger partial charge in [-0.1, -0.05) is 17.9 Å². The van der Waals surface area contributed by atoms with Gasteiger partial charge in [0.1, 0.15) is 24.8 Å². The average Bonchev–Trinajstić information content (AvgIpc) is 3.07. The Kier molecular flexibility index (Phi) is 8.52. The molecular formula is C26H33N3O6. The van der Waals surface area contributed by atoms with Gasteiger partial charge in [-0.15, -0.1) is 0 Å². The van der Waals surface area contributed by atoms with Gasteiger partial charge in [-0.2, -0.15) is 0 Å². The average molecular weight is 484 g/mol. The lowest BCUT2D eigenvalue weighted by Crippen LogP contribution is -2.43. The Bertz CT molecular complexity index is 1190. The van der Waals surface area contributed by atoms with Crippen LogP contribution in [0.25, 0.3) is 11.0 Å². The van der Waals surface area contributed by atoms with Crippen molar-refractivity contribution in [3.63, 3.8) is 0 Å². The lowest BCUT2D eigenvalue weighted by molar-refractivity contribution is -0.111. The number of carbonyl (C=O) groups is 3. The Morgan fingerprint density at radius 1 is 1.23 bits per heavy atom. The van der Waals surface area contributed by atoms with Gasteiger partial charge in [0.05, 0.1) is 28.7 Å². The molecular weight excluding hydrogens is 450 g/mol. The summed E-state index contributed by atoms with van der Waals surface area (Å²) in [6.07, 6.45) is 3.03. The van der Waals surface area contributed by atoms with Gasteiger partial charge in [-0.05, 0) is 52.2 Å². The molecule has 9 nitrogen and oxygen atoms in total. The Morgan fingerprint density at radius 3 is 2.57 bits per heavy atom. The summed E-state index contributed by atoms with van der Waals surface area (Å²) in [5.74, 6) is 6.11. The lowest BCUT2D eigenvalue weighted by Gasteiger charge is -2.33. The zero-order valence-corrected chi connectivity index (χ0v) is 20.8. The highest BCUT2D eigenvalue weighted by atomic mass is 16.6. The molecule has 1 aliphatic heterocycles. The molecule has 0 spiro atoms. The summed E-state index contributed by atoms with van der Waals surface area (Å²) in [4.78, 5) is 49.1. The summed E-state index contributed by atoms with van der Waals surface area (Å²) in [5.41, 5.74) is 1.04. The molecule has 1 fully saturated rings. The maximum absolute atomic E-state index is 12.9. The summed E-state index contributed by atoms with van der Waals surface area (Å²) in [5, 5.41) is 0. The standard InChI is InChI=1S/C26H33N3O6/c1-26(2,3)35-25(33)28-14-12-21(13-15-28)34-17-7-9-19-8-5-11-22-23(19)27(4)24(32)29(22)20(18-31)10-6-16-30/h5,8,11,16,18,20-21H,6,10,12-15,17H2,1-4H3. The quantitative estimate of drug-likeness (QED) is 0.444. The van der Waals surface area contributed by atoms with Crippen LogP contribution in [0.1, 0.15) is 58.1 Å². The number of ether oxygens (including phenoxy) is 2. The summed E-state index contributed by atoms with van der Waals surface area (Å²) in [6, 6.07) is 4.67. The smallest absolute Gasteiger partial charge is 0.410 e. The van der Waals surface area contributed by atoms with Crippen LogP contribution < -0.4 is 5.69 Å². The third-order valence-corrected chi connectivity index (χ3v) is 5.88. The van der Waals surface area contributed by atoms with E-state index < -0.39 is 11.6 Å². The van der Waals surface area contributed by atoms with E-state index in [-0.39, 0.29) is 37.3 Å². The van der Waals surface area contributed by atoms with Gasteiger partial charge >= 0.3 is 11.8 Å². The highest BCUT2D eigenvalue weighted by Gasteiger charge is 2.27. The van der Waals surface area contributed by atoms with Crippen LogP contribution in [-0.2, 0) is 26.1 Å². The van der Waals surface area contributed by atoms with E-state index in [9.17, 15) is 19.2 Å². The molecule has 188 valence electrons. The molecule has 1 aliphatic rings. The maximum Gasteiger partial charge on any atom is 0.410 e. The number of piperidine rings is 1.